The van der Waals surface area contributed by atoms with Gasteiger partial charge in [0.05, 0.1) is 6.04 Å². The molecule has 3 heteroatoms. The quantitative estimate of drug-likeness (QED) is 0.796. The minimum Gasteiger partial charge on any atom is -0.368 e. The van der Waals surface area contributed by atoms with Crippen molar-refractivity contribution in [2.75, 3.05) is 0 Å². The molecule has 3 nitrogen and oxygen atoms in total. The van der Waals surface area contributed by atoms with Crippen molar-refractivity contribution in [1.82, 2.24) is 5.32 Å². The first kappa shape index (κ1) is 12.7. The molecule has 0 saturated carbocycles. The van der Waals surface area contributed by atoms with E-state index in [1.807, 2.05) is 0 Å². The maximum atomic E-state index is 11.0. The number of primary amides is 1. The maximum Gasteiger partial charge on any atom is 0.234 e. The number of rotatable bonds is 5. The number of amides is 1. The molecular formula is C13H20N2O. The lowest BCUT2D eigenvalue weighted by molar-refractivity contribution is -0.119. The summed E-state index contributed by atoms with van der Waals surface area (Å²) >= 11 is 0. The molecule has 0 aliphatic carbocycles. The number of benzene rings is 1. The molecule has 0 saturated heterocycles. The van der Waals surface area contributed by atoms with E-state index in [0.29, 0.717) is 0 Å². The minimum absolute atomic E-state index is 0.183. The van der Waals surface area contributed by atoms with E-state index in [1.54, 1.807) is 6.92 Å². The van der Waals surface area contributed by atoms with E-state index in [2.05, 4.69) is 43.4 Å². The Labute approximate surface area is 97.0 Å². The molecule has 16 heavy (non-hydrogen) atoms. The topological polar surface area (TPSA) is 55.1 Å². The fourth-order valence-electron chi connectivity index (χ4n) is 1.63. The number of hydrogen-bond acceptors (Lipinski definition) is 2. The van der Waals surface area contributed by atoms with Crippen molar-refractivity contribution in [3.63, 3.8) is 0 Å². The van der Waals surface area contributed by atoms with Gasteiger partial charge in [-0.2, -0.15) is 0 Å². The van der Waals surface area contributed by atoms with E-state index < -0.39 is 0 Å². The second-order valence-electron chi connectivity index (χ2n) is 4.16. The van der Waals surface area contributed by atoms with Crippen molar-refractivity contribution in [2.24, 2.45) is 5.73 Å². The Bertz CT molecular complexity index is 345. The van der Waals surface area contributed by atoms with Gasteiger partial charge in [-0.3, -0.25) is 10.1 Å². The van der Waals surface area contributed by atoms with Crippen LogP contribution < -0.4 is 11.1 Å². The number of carbonyl (C=O) groups is 1. The largest absolute Gasteiger partial charge is 0.368 e. The highest BCUT2D eigenvalue weighted by atomic mass is 16.1. The molecule has 0 fully saturated rings. The predicted octanol–water partition coefficient (Wildman–Crippen LogP) is 1.91. The van der Waals surface area contributed by atoms with Gasteiger partial charge in [-0.1, -0.05) is 36.8 Å². The smallest absolute Gasteiger partial charge is 0.234 e. The molecule has 2 unspecified atom stereocenters. The highest BCUT2D eigenvalue weighted by molar-refractivity contribution is 5.79. The van der Waals surface area contributed by atoms with Crippen molar-refractivity contribution in [3.05, 3.63) is 35.4 Å². The van der Waals surface area contributed by atoms with E-state index in [4.69, 9.17) is 5.73 Å². The number of nitrogens with two attached hydrogens (primary N) is 1. The predicted molar refractivity (Wildman–Crippen MR) is 66.0 cm³/mol. The van der Waals surface area contributed by atoms with Crippen LogP contribution in [-0.4, -0.2) is 11.9 Å². The molecule has 1 aromatic rings. The van der Waals surface area contributed by atoms with Crippen LogP contribution in [0.3, 0.4) is 0 Å². The van der Waals surface area contributed by atoms with Crippen LogP contribution in [0.1, 0.15) is 37.4 Å². The van der Waals surface area contributed by atoms with Crippen LogP contribution in [0.15, 0.2) is 24.3 Å². The average Bonchev–Trinajstić information content (AvgIpc) is 2.26. The normalized spacial score (nSPS) is 14.4. The zero-order valence-electron chi connectivity index (χ0n) is 10.2. The first-order valence-electron chi connectivity index (χ1n) is 5.66. The van der Waals surface area contributed by atoms with Crippen LogP contribution in [0, 0.1) is 6.92 Å². The molecule has 0 radical (unpaired) electrons. The molecule has 0 aromatic heterocycles. The zero-order chi connectivity index (χ0) is 12.1. The van der Waals surface area contributed by atoms with Crippen molar-refractivity contribution in [2.45, 2.75) is 39.3 Å². The first-order valence-corrected chi connectivity index (χ1v) is 5.66. The summed E-state index contributed by atoms with van der Waals surface area (Å²) in [6, 6.07) is 8.21. The third kappa shape index (κ3) is 3.35. The van der Waals surface area contributed by atoms with Gasteiger partial charge in [-0.05, 0) is 25.8 Å². The lowest BCUT2D eigenvalue weighted by Crippen LogP contribution is -2.40. The van der Waals surface area contributed by atoms with Crippen LogP contribution in [-0.2, 0) is 4.79 Å². The molecule has 1 rings (SSSR count). The van der Waals surface area contributed by atoms with Crippen LogP contribution in [0.4, 0.5) is 0 Å². The summed E-state index contributed by atoms with van der Waals surface area (Å²) in [6.07, 6.45) is 0.931. The molecule has 1 aromatic carbocycles. The molecular weight excluding hydrogens is 200 g/mol. The van der Waals surface area contributed by atoms with E-state index in [-0.39, 0.29) is 18.0 Å². The third-order valence-electron chi connectivity index (χ3n) is 2.77. The van der Waals surface area contributed by atoms with Gasteiger partial charge in [0.1, 0.15) is 0 Å². The molecule has 88 valence electrons. The SMILES string of the molecule is CCC(NC(C)C(N)=O)c1ccc(C)cc1. The molecule has 0 aliphatic heterocycles. The molecule has 2 atom stereocenters. The van der Waals surface area contributed by atoms with Gasteiger partial charge in [0.2, 0.25) is 5.91 Å². The van der Waals surface area contributed by atoms with Gasteiger partial charge in [0, 0.05) is 6.04 Å². The summed E-state index contributed by atoms with van der Waals surface area (Å²) in [6.45, 7) is 5.94. The van der Waals surface area contributed by atoms with Crippen LogP contribution >= 0.6 is 0 Å². The number of aryl methyl sites for hydroxylation is 1. The summed E-state index contributed by atoms with van der Waals surface area (Å²) in [7, 11) is 0. The second-order valence-corrected chi connectivity index (χ2v) is 4.16. The van der Waals surface area contributed by atoms with Crippen LogP contribution in [0.5, 0.6) is 0 Å². The summed E-state index contributed by atoms with van der Waals surface area (Å²) in [5, 5.41) is 3.23. The Morgan fingerprint density at radius 3 is 2.38 bits per heavy atom. The van der Waals surface area contributed by atoms with Crippen molar-refractivity contribution in [1.29, 1.82) is 0 Å². The standard InChI is InChI=1S/C13H20N2O/c1-4-12(15-10(3)13(14)16)11-7-5-9(2)6-8-11/h5-8,10,12,15H,4H2,1-3H3,(H2,14,16). The Kier molecular flexibility index (Phi) is 4.50. The molecule has 1 amide bonds. The van der Waals surface area contributed by atoms with Gasteiger partial charge in [0.25, 0.3) is 0 Å². The molecule has 3 N–H and O–H groups in total. The monoisotopic (exact) mass is 220 g/mol. The highest BCUT2D eigenvalue weighted by Crippen LogP contribution is 2.17. The maximum absolute atomic E-state index is 11.0. The Hall–Kier alpha value is -1.35. The van der Waals surface area contributed by atoms with Gasteiger partial charge in [-0.15, -0.1) is 0 Å². The van der Waals surface area contributed by atoms with Crippen LogP contribution in [0.25, 0.3) is 0 Å². The summed E-state index contributed by atoms with van der Waals surface area (Å²) < 4.78 is 0. The molecule has 0 heterocycles. The van der Waals surface area contributed by atoms with E-state index in [1.165, 1.54) is 11.1 Å². The van der Waals surface area contributed by atoms with Crippen molar-refractivity contribution >= 4 is 5.91 Å². The van der Waals surface area contributed by atoms with Crippen LogP contribution in [0.2, 0.25) is 0 Å². The van der Waals surface area contributed by atoms with Gasteiger partial charge in [-0.25, -0.2) is 0 Å². The Morgan fingerprint density at radius 2 is 1.94 bits per heavy atom. The first-order chi connectivity index (χ1) is 7.54. The summed E-state index contributed by atoms with van der Waals surface area (Å²) in [4.78, 5) is 11.0. The van der Waals surface area contributed by atoms with Crippen molar-refractivity contribution in [3.8, 4) is 0 Å². The summed E-state index contributed by atoms with van der Waals surface area (Å²) in [5.74, 6) is -0.314. The van der Waals surface area contributed by atoms with Gasteiger partial charge in [0.15, 0.2) is 0 Å². The lowest BCUT2D eigenvalue weighted by atomic mass is 10.0. The average molecular weight is 220 g/mol. The molecule has 0 aliphatic rings. The fourth-order valence-corrected chi connectivity index (χ4v) is 1.63. The number of hydrogen-bond donors (Lipinski definition) is 2. The van der Waals surface area contributed by atoms with E-state index in [0.717, 1.165) is 6.42 Å². The minimum atomic E-state index is -0.314. The lowest BCUT2D eigenvalue weighted by Gasteiger charge is -2.20. The highest BCUT2D eigenvalue weighted by Gasteiger charge is 2.15. The van der Waals surface area contributed by atoms with Gasteiger partial charge < -0.3 is 5.73 Å². The Balaban J connectivity index is 2.74. The van der Waals surface area contributed by atoms with Gasteiger partial charge >= 0.3 is 0 Å². The van der Waals surface area contributed by atoms with E-state index >= 15 is 0 Å². The molecule has 0 spiro atoms. The Morgan fingerprint density at radius 1 is 1.38 bits per heavy atom. The molecule has 0 bridgehead atoms. The fraction of sp³-hybridized carbons (Fsp3) is 0.462. The zero-order valence-corrected chi connectivity index (χ0v) is 10.2. The van der Waals surface area contributed by atoms with Crippen molar-refractivity contribution < 1.29 is 4.79 Å². The summed E-state index contributed by atoms with van der Waals surface area (Å²) in [5.41, 5.74) is 7.67. The third-order valence-corrected chi connectivity index (χ3v) is 2.77. The number of nitrogens with one attached hydrogen (secondary N) is 1. The second kappa shape index (κ2) is 5.66. The number of carbonyl (C=O) groups excluding carboxylic acids is 1. The van der Waals surface area contributed by atoms with E-state index in [9.17, 15) is 4.79 Å².